The van der Waals surface area contributed by atoms with Gasteiger partial charge in [-0.2, -0.15) is 0 Å². The molecule has 16 heavy (non-hydrogen) atoms. The maximum Gasteiger partial charge on any atom is 0.144 e. The molecule has 5 heteroatoms. The Morgan fingerprint density at radius 3 is 2.94 bits per heavy atom. The van der Waals surface area contributed by atoms with E-state index in [4.69, 9.17) is 17.0 Å². The molecule has 0 atom stereocenters. The van der Waals surface area contributed by atoms with Gasteiger partial charge in [0.25, 0.3) is 0 Å². The van der Waals surface area contributed by atoms with Crippen LogP contribution in [0.4, 0.5) is 0 Å². The maximum absolute atomic E-state index is 5.24. The zero-order valence-corrected chi connectivity index (χ0v) is 11.7. The topological polar surface area (TPSA) is 37.9 Å². The van der Waals surface area contributed by atoms with Crippen LogP contribution in [-0.4, -0.2) is 23.7 Å². The number of aromatic nitrogens is 2. The number of ether oxygens (including phenoxy) is 1. The molecule has 1 fully saturated rings. The standard InChI is InChI=1S/C11H15BrN2OS/c1-15-6-2-3-8-13-10(7-4-5-7)9(12)11(16)14-8/h7H,2-6H2,1H3,(H,13,14,16). The number of hydrogen-bond donors (Lipinski definition) is 1. The molecule has 0 radical (unpaired) electrons. The number of aryl methyl sites for hydroxylation is 1. The van der Waals surface area contributed by atoms with Crippen molar-refractivity contribution in [3.05, 3.63) is 20.6 Å². The van der Waals surface area contributed by atoms with Crippen LogP contribution in [0.5, 0.6) is 0 Å². The van der Waals surface area contributed by atoms with Crippen molar-refractivity contribution < 1.29 is 4.74 Å². The Morgan fingerprint density at radius 1 is 1.56 bits per heavy atom. The predicted molar refractivity (Wildman–Crippen MR) is 69.3 cm³/mol. The number of rotatable bonds is 5. The molecule has 1 aromatic rings. The molecule has 0 bridgehead atoms. The second-order valence-electron chi connectivity index (χ2n) is 4.09. The highest BCUT2D eigenvalue weighted by atomic mass is 79.9. The van der Waals surface area contributed by atoms with Crippen molar-refractivity contribution >= 4 is 28.1 Å². The summed E-state index contributed by atoms with van der Waals surface area (Å²) in [5.41, 5.74) is 1.23. The first-order chi connectivity index (χ1) is 7.72. The minimum Gasteiger partial charge on any atom is -0.385 e. The number of methoxy groups -OCH3 is 1. The van der Waals surface area contributed by atoms with Gasteiger partial charge in [-0.25, -0.2) is 4.98 Å². The number of H-pyrrole nitrogens is 1. The van der Waals surface area contributed by atoms with Crippen LogP contribution in [0.3, 0.4) is 0 Å². The van der Waals surface area contributed by atoms with E-state index in [0.717, 1.165) is 29.7 Å². The fourth-order valence-electron chi connectivity index (χ4n) is 1.68. The van der Waals surface area contributed by atoms with E-state index in [2.05, 4.69) is 25.9 Å². The molecule has 88 valence electrons. The maximum atomic E-state index is 5.24. The summed E-state index contributed by atoms with van der Waals surface area (Å²) in [6.07, 6.45) is 4.38. The summed E-state index contributed by atoms with van der Waals surface area (Å²) < 4.78 is 6.68. The van der Waals surface area contributed by atoms with E-state index in [1.54, 1.807) is 7.11 Å². The summed E-state index contributed by atoms with van der Waals surface area (Å²) >= 11 is 8.76. The Bertz CT molecular complexity index is 428. The van der Waals surface area contributed by atoms with E-state index in [9.17, 15) is 0 Å². The van der Waals surface area contributed by atoms with Crippen LogP contribution in [0, 0.1) is 4.64 Å². The monoisotopic (exact) mass is 302 g/mol. The van der Waals surface area contributed by atoms with Crippen molar-refractivity contribution in [1.82, 2.24) is 9.97 Å². The number of aromatic amines is 1. The Hall–Kier alpha value is -0.260. The van der Waals surface area contributed by atoms with Crippen molar-refractivity contribution in [3.8, 4) is 0 Å². The minimum atomic E-state index is 0.653. The third kappa shape index (κ3) is 2.90. The number of halogens is 1. The normalized spacial score (nSPS) is 15.4. The van der Waals surface area contributed by atoms with E-state index < -0.39 is 0 Å². The number of nitrogens with one attached hydrogen (secondary N) is 1. The molecule has 0 aromatic carbocycles. The summed E-state index contributed by atoms with van der Waals surface area (Å²) in [6, 6.07) is 0. The van der Waals surface area contributed by atoms with Crippen LogP contribution in [0.15, 0.2) is 4.47 Å². The van der Waals surface area contributed by atoms with Crippen LogP contribution in [0.1, 0.15) is 36.7 Å². The van der Waals surface area contributed by atoms with Gasteiger partial charge < -0.3 is 9.72 Å². The van der Waals surface area contributed by atoms with Gasteiger partial charge in [-0.15, -0.1) is 0 Å². The molecule has 3 nitrogen and oxygen atoms in total. The Kier molecular flexibility index (Phi) is 4.10. The van der Waals surface area contributed by atoms with Crippen molar-refractivity contribution in [3.63, 3.8) is 0 Å². The first kappa shape index (κ1) is 12.2. The lowest BCUT2D eigenvalue weighted by Gasteiger charge is -2.07. The lowest BCUT2D eigenvalue weighted by molar-refractivity contribution is 0.194. The van der Waals surface area contributed by atoms with Gasteiger partial charge in [0.2, 0.25) is 0 Å². The first-order valence-electron chi connectivity index (χ1n) is 5.50. The van der Waals surface area contributed by atoms with Crippen LogP contribution in [-0.2, 0) is 11.2 Å². The van der Waals surface area contributed by atoms with Gasteiger partial charge >= 0.3 is 0 Å². The quantitative estimate of drug-likeness (QED) is 0.669. The SMILES string of the molecule is COCCCc1nc(=S)c(Br)c(C2CC2)[nH]1. The van der Waals surface area contributed by atoms with E-state index >= 15 is 0 Å². The van der Waals surface area contributed by atoms with Gasteiger partial charge in [0, 0.05) is 31.7 Å². The van der Waals surface area contributed by atoms with Gasteiger partial charge in [-0.3, -0.25) is 0 Å². The van der Waals surface area contributed by atoms with Gasteiger partial charge in [0.15, 0.2) is 0 Å². The van der Waals surface area contributed by atoms with Crippen molar-refractivity contribution in [2.45, 2.75) is 31.6 Å². The minimum absolute atomic E-state index is 0.653. The van der Waals surface area contributed by atoms with E-state index in [1.165, 1.54) is 18.5 Å². The van der Waals surface area contributed by atoms with Crippen LogP contribution in [0.25, 0.3) is 0 Å². The number of hydrogen-bond acceptors (Lipinski definition) is 3. The molecule has 1 saturated carbocycles. The van der Waals surface area contributed by atoms with Gasteiger partial charge in [-0.05, 0) is 35.2 Å². The zero-order valence-electron chi connectivity index (χ0n) is 9.25. The molecule has 0 spiro atoms. The molecule has 1 aliphatic rings. The largest absolute Gasteiger partial charge is 0.385 e. The molecule has 0 amide bonds. The summed E-state index contributed by atoms with van der Waals surface area (Å²) in [5.74, 6) is 1.63. The summed E-state index contributed by atoms with van der Waals surface area (Å²) in [4.78, 5) is 7.77. The highest BCUT2D eigenvalue weighted by Gasteiger charge is 2.27. The van der Waals surface area contributed by atoms with Gasteiger partial charge in [0.05, 0.1) is 4.47 Å². The van der Waals surface area contributed by atoms with Gasteiger partial charge in [-0.1, -0.05) is 12.2 Å². The molecule has 0 aliphatic heterocycles. The Labute approximate surface area is 109 Å². The van der Waals surface area contributed by atoms with Crippen molar-refractivity contribution in [2.75, 3.05) is 13.7 Å². The Balaban J connectivity index is 2.16. The second kappa shape index (κ2) is 5.38. The molecule has 2 rings (SSSR count). The molecular weight excluding hydrogens is 288 g/mol. The molecule has 1 aliphatic carbocycles. The highest BCUT2D eigenvalue weighted by Crippen LogP contribution is 2.42. The zero-order chi connectivity index (χ0) is 11.5. The predicted octanol–water partition coefficient (Wildman–Crippen LogP) is 3.36. The van der Waals surface area contributed by atoms with Crippen LogP contribution < -0.4 is 0 Å². The van der Waals surface area contributed by atoms with E-state index in [1.807, 2.05) is 0 Å². The van der Waals surface area contributed by atoms with E-state index in [-0.39, 0.29) is 0 Å². The first-order valence-corrected chi connectivity index (χ1v) is 6.70. The van der Waals surface area contributed by atoms with Crippen LogP contribution >= 0.6 is 28.1 Å². The molecule has 0 saturated heterocycles. The lowest BCUT2D eigenvalue weighted by Crippen LogP contribution is -2.02. The fourth-order valence-corrected chi connectivity index (χ4v) is 2.41. The molecule has 1 aromatic heterocycles. The second-order valence-corrected chi connectivity index (χ2v) is 5.27. The molecular formula is C11H15BrN2OS. The lowest BCUT2D eigenvalue weighted by atomic mass is 10.2. The summed E-state index contributed by atoms with van der Waals surface area (Å²) in [7, 11) is 1.72. The smallest absolute Gasteiger partial charge is 0.144 e. The average Bonchev–Trinajstić information content (AvgIpc) is 3.07. The van der Waals surface area contributed by atoms with E-state index in [0.29, 0.717) is 10.6 Å². The van der Waals surface area contributed by atoms with Crippen LogP contribution in [0.2, 0.25) is 0 Å². The number of nitrogens with zero attached hydrogens (tertiary/aromatic N) is 1. The average molecular weight is 303 g/mol. The fraction of sp³-hybridized carbons (Fsp3) is 0.636. The molecule has 1 N–H and O–H groups in total. The van der Waals surface area contributed by atoms with Crippen molar-refractivity contribution in [1.29, 1.82) is 0 Å². The third-order valence-electron chi connectivity index (χ3n) is 2.69. The Morgan fingerprint density at radius 2 is 2.31 bits per heavy atom. The molecule has 0 unspecified atom stereocenters. The third-order valence-corrected chi connectivity index (χ3v) is 4.05. The summed E-state index contributed by atoms with van der Waals surface area (Å²) in [5, 5.41) is 0. The van der Waals surface area contributed by atoms with Crippen molar-refractivity contribution in [2.24, 2.45) is 0 Å². The van der Waals surface area contributed by atoms with Gasteiger partial charge in [0.1, 0.15) is 10.5 Å². The molecule has 1 heterocycles. The highest BCUT2D eigenvalue weighted by molar-refractivity contribution is 9.10. The summed E-state index contributed by atoms with van der Waals surface area (Å²) in [6.45, 7) is 0.761.